The van der Waals surface area contributed by atoms with Gasteiger partial charge in [-0.1, -0.05) is 50.1 Å². The Bertz CT molecular complexity index is 443. The predicted octanol–water partition coefficient (Wildman–Crippen LogP) is 2.96. The first kappa shape index (κ1) is 17.0. The molecule has 2 unspecified atom stereocenters. The van der Waals surface area contributed by atoms with Crippen molar-refractivity contribution in [3.63, 3.8) is 0 Å². The summed E-state index contributed by atoms with van der Waals surface area (Å²) in [6.45, 7) is 2.09. The highest BCUT2D eigenvalue weighted by molar-refractivity contribution is 5.82. The van der Waals surface area contributed by atoms with Crippen molar-refractivity contribution in [1.82, 2.24) is 5.32 Å². The Morgan fingerprint density at radius 2 is 2.00 bits per heavy atom. The molecule has 2 atom stereocenters. The zero-order valence-corrected chi connectivity index (χ0v) is 13.3. The zero-order valence-electron chi connectivity index (χ0n) is 13.3. The second-order valence-corrected chi connectivity index (χ2v) is 5.96. The van der Waals surface area contributed by atoms with Gasteiger partial charge in [0, 0.05) is 12.6 Å². The summed E-state index contributed by atoms with van der Waals surface area (Å²) in [5.41, 5.74) is 0.894. The van der Waals surface area contributed by atoms with E-state index in [0.717, 1.165) is 24.8 Å². The third kappa shape index (κ3) is 4.82. The Balaban J connectivity index is 2.07. The van der Waals surface area contributed by atoms with Crippen LogP contribution < -0.4 is 5.32 Å². The second kappa shape index (κ2) is 8.91. The molecule has 0 aromatic heterocycles. The number of benzene rings is 1. The molecular weight excluding hydrogens is 278 g/mol. The molecule has 1 aromatic carbocycles. The minimum absolute atomic E-state index is 0.00381. The third-order valence-electron chi connectivity index (χ3n) is 4.29. The van der Waals surface area contributed by atoms with Gasteiger partial charge in [-0.2, -0.15) is 0 Å². The van der Waals surface area contributed by atoms with Gasteiger partial charge in [0.1, 0.15) is 0 Å². The van der Waals surface area contributed by atoms with Crippen LogP contribution in [0.25, 0.3) is 0 Å². The zero-order chi connectivity index (χ0) is 15.8. The number of carbonyl (C=O) groups is 1. The molecule has 0 radical (unpaired) electrons. The number of amides is 1. The van der Waals surface area contributed by atoms with Gasteiger partial charge in [0.05, 0.1) is 6.10 Å². The second-order valence-electron chi connectivity index (χ2n) is 5.96. The van der Waals surface area contributed by atoms with Gasteiger partial charge in [0.15, 0.2) is 6.10 Å². The maximum absolute atomic E-state index is 12.7. The topological polar surface area (TPSA) is 58.6 Å². The Hall–Kier alpha value is -1.39. The lowest BCUT2D eigenvalue weighted by molar-refractivity contribution is -0.138. The lowest BCUT2D eigenvalue weighted by Gasteiger charge is -2.24. The molecule has 122 valence electrons. The van der Waals surface area contributed by atoms with Crippen LogP contribution in [-0.4, -0.2) is 29.8 Å². The van der Waals surface area contributed by atoms with Crippen LogP contribution in [0, 0.1) is 0 Å². The standard InChI is InChI=1S/C18H27NO3/c1-2-15(12-13-20)19-18(21)17(14-8-4-3-5-9-14)22-16-10-6-7-11-16/h3-5,8-9,15-17,20H,2,6-7,10-13H2,1H3,(H,19,21). The maximum Gasteiger partial charge on any atom is 0.254 e. The summed E-state index contributed by atoms with van der Waals surface area (Å²) < 4.78 is 6.11. The molecular formula is C18H27NO3. The molecule has 0 saturated heterocycles. The molecule has 1 saturated carbocycles. The van der Waals surface area contributed by atoms with Gasteiger partial charge in [0.2, 0.25) is 0 Å². The summed E-state index contributed by atoms with van der Waals surface area (Å²) >= 11 is 0. The van der Waals surface area contributed by atoms with E-state index in [-0.39, 0.29) is 24.7 Å². The Kier molecular flexibility index (Phi) is 6.87. The normalized spacial score (nSPS) is 18.1. The molecule has 0 bridgehead atoms. The number of hydrogen-bond donors (Lipinski definition) is 2. The van der Waals surface area contributed by atoms with Crippen molar-refractivity contribution in [1.29, 1.82) is 0 Å². The number of hydrogen-bond acceptors (Lipinski definition) is 3. The van der Waals surface area contributed by atoms with E-state index in [9.17, 15) is 4.79 Å². The van der Waals surface area contributed by atoms with E-state index in [1.165, 1.54) is 12.8 Å². The van der Waals surface area contributed by atoms with Crippen LogP contribution in [0.15, 0.2) is 30.3 Å². The quantitative estimate of drug-likeness (QED) is 0.776. The lowest BCUT2D eigenvalue weighted by atomic mass is 10.1. The van der Waals surface area contributed by atoms with Gasteiger partial charge in [0.25, 0.3) is 5.91 Å². The number of aliphatic hydroxyl groups is 1. The van der Waals surface area contributed by atoms with Crippen molar-refractivity contribution in [3.05, 3.63) is 35.9 Å². The summed E-state index contributed by atoms with van der Waals surface area (Å²) in [5, 5.41) is 12.1. The highest BCUT2D eigenvalue weighted by Crippen LogP contribution is 2.28. The number of rotatable bonds is 8. The summed E-state index contributed by atoms with van der Waals surface area (Å²) in [7, 11) is 0. The molecule has 0 heterocycles. The van der Waals surface area contributed by atoms with Gasteiger partial charge in [-0.25, -0.2) is 0 Å². The molecule has 4 heteroatoms. The number of ether oxygens (including phenoxy) is 1. The molecule has 4 nitrogen and oxygen atoms in total. The monoisotopic (exact) mass is 305 g/mol. The largest absolute Gasteiger partial charge is 0.396 e. The molecule has 2 N–H and O–H groups in total. The summed E-state index contributed by atoms with van der Waals surface area (Å²) in [4.78, 5) is 12.7. The number of aliphatic hydroxyl groups excluding tert-OH is 1. The third-order valence-corrected chi connectivity index (χ3v) is 4.29. The van der Waals surface area contributed by atoms with Gasteiger partial charge in [-0.15, -0.1) is 0 Å². The Morgan fingerprint density at radius 3 is 2.59 bits per heavy atom. The first-order valence-electron chi connectivity index (χ1n) is 8.36. The van der Waals surface area contributed by atoms with E-state index in [0.29, 0.717) is 6.42 Å². The summed E-state index contributed by atoms with van der Waals surface area (Å²) in [6.07, 6.45) is 5.41. The van der Waals surface area contributed by atoms with Crippen molar-refractivity contribution in [2.24, 2.45) is 0 Å². The van der Waals surface area contributed by atoms with E-state index in [1.54, 1.807) is 0 Å². The smallest absolute Gasteiger partial charge is 0.254 e. The minimum Gasteiger partial charge on any atom is -0.396 e. The Labute approximate surface area is 132 Å². The van der Waals surface area contributed by atoms with Crippen LogP contribution in [0.5, 0.6) is 0 Å². The SMILES string of the molecule is CCC(CCO)NC(=O)C(OC1CCCC1)c1ccccc1. The van der Waals surface area contributed by atoms with Crippen LogP contribution in [0.4, 0.5) is 0 Å². The van der Waals surface area contributed by atoms with Gasteiger partial charge >= 0.3 is 0 Å². The van der Waals surface area contributed by atoms with Crippen molar-refractivity contribution < 1.29 is 14.6 Å². The molecule has 1 fully saturated rings. The predicted molar refractivity (Wildman–Crippen MR) is 86.4 cm³/mol. The molecule has 22 heavy (non-hydrogen) atoms. The molecule has 1 amide bonds. The highest BCUT2D eigenvalue weighted by atomic mass is 16.5. The Morgan fingerprint density at radius 1 is 1.32 bits per heavy atom. The first-order chi connectivity index (χ1) is 10.7. The summed E-state index contributed by atoms with van der Waals surface area (Å²) in [5.74, 6) is -0.0987. The minimum atomic E-state index is -0.558. The van der Waals surface area contributed by atoms with Gasteiger partial charge in [-0.05, 0) is 31.2 Å². The lowest BCUT2D eigenvalue weighted by Crippen LogP contribution is -2.39. The molecule has 2 rings (SSSR count). The summed E-state index contributed by atoms with van der Waals surface area (Å²) in [6, 6.07) is 9.67. The number of carbonyl (C=O) groups excluding carboxylic acids is 1. The van der Waals surface area contributed by atoms with Crippen LogP contribution in [-0.2, 0) is 9.53 Å². The van der Waals surface area contributed by atoms with Crippen LogP contribution in [0.3, 0.4) is 0 Å². The molecule has 0 spiro atoms. The molecule has 0 aliphatic heterocycles. The van der Waals surface area contributed by atoms with Crippen molar-refractivity contribution in [2.45, 2.75) is 63.7 Å². The number of nitrogens with one attached hydrogen (secondary N) is 1. The van der Waals surface area contributed by atoms with Gasteiger partial charge < -0.3 is 15.2 Å². The highest BCUT2D eigenvalue weighted by Gasteiger charge is 2.28. The van der Waals surface area contributed by atoms with E-state index < -0.39 is 6.10 Å². The first-order valence-corrected chi connectivity index (χ1v) is 8.36. The fourth-order valence-electron chi connectivity index (χ4n) is 2.95. The van der Waals surface area contributed by atoms with Gasteiger partial charge in [-0.3, -0.25) is 4.79 Å². The van der Waals surface area contributed by atoms with Crippen LogP contribution in [0.1, 0.15) is 57.1 Å². The van der Waals surface area contributed by atoms with Crippen LogP contribution in [0.2, 0.25) is 0 Å². The average Bonchev–Trinajstić information content (AvgIpc) is 3.06. The fourth-order valence-corrected chi connectivity index (χ4v) is 2.95. The molecule has 1 aliphatic carbocycles. The molecule has 1 aliphatic rings. The fraction of sp³-hybridized carbons (Fsp3) is 0.611. The average molecular weight is 305 g/mol. The van der Waals surface area contributed by atoms with E-state index in [1.807, 2.05) is 37.3 Å². The van der Waals surface area contributed by atoms with Crippen LogP contribution >= 0.6 is 0 Å². The van der Waals surface area contributed by atoms with E-state index in [4.69, 9.17) is 9.84 Å². The maximum atomic E-state index is 12.7. The van der Waals surface area contributed by atoms with Crippen molar-refractivity contribution >= 4 is 5.91 Å². The van der Waals surface area contributed by atoms with Crippen molar-refractivity contribution in [2.75, 3.05) is 6.61 Å². The van der Waals surface area contributed by atoms with Crippen molar-refractivity contribution in [3.8, 4) is 0 Å². The van der Waals surface area contributed by atoms with E-state index >= 15 is 0 Å². The van der Waals surface area contributed by atoms with E-state index in [2.05, 4.69) is 5.32 Å². The molecule has 1 aromatic rings.